The molecule has 0 saturated heterocycles. The fourth-order valence-electron chi connectivity index (χ4n) is 1.54. The second-order valence-corrected chi connectivity index (χ2v) is 6.67. The number of esters is 1. The Kier molecular flexibility index (Phi) is 4.13. The minimum Gasteiger partial charge on any atom is -0.469 e. The molecule has 2 unspecified atom stereocenters. The molecule has 0 amide bonds. The molecule has 0 aliphatic rings. The lowest BCUT2D eigenvalue weighted by atomic mass is 10.3. The Bertz CT molecular complexity index is 547. The van der Waals surface area contributed by atoms with Crippen molar-refractivity contribution >= 4 is 33.1 Å². The number of imidazole rings is 1. The molecule has 0 radical (unpaired) electrons. The first-order valence-corrected chi connectivity index (χ1v) is 7.71. The van der Waals surface area contributed by atoms with Gasteiger partial charge in [0, 0.05) is 33.8 Å². The Labute approximate surface area is 111 Å². The molecule has 0 saturated carbocycles. The van der Waals surface area contributed by atoms with Crippen LogP contribution in [-0.2, 0) is 26.1 Å². The molecule has 0 aromatic carbocycles. The summed E-state index contributed by atoms with van der Waals surface area (Å²) in [7, 11) is 0.214. The molecule has 0 bridgehead atoms. The normalized spacial score (nSPS) is 14.6. The quantitative estimate of drug-likeness (QED) is 0.783. The predicted molar refractivity (Wildman–Crippen MR) is 71.0 cm³/mol. The van der Waals surface area contributed by atoms with Gasteiger partial charge < -0.3 is 4.74 Å². The van der Waals surface area contributed by atoms with Crippen LogP contribution in [0.5, 0.6) is 0 Å². The third kappa shape index (κ3) is 2.97. The van der Waals surface area contributed by atoms with Gasteiger partial charge in [0.05, 0.1) is 25.0 Å². The van der Waals surface area contributed by atoms with E-state index in [2.05, 4.69) is 9.72 Å². The molecule has 18 heavy (non-hydrogen) atoms. The molecule has 0 fully saturated rings. The van der Waals surface area contributed by atoms with E-state index >= 15 is 0 Å². The van der Waals surface area contributed by atoms with E-state index in [9.17, 15) is 9.00 Å². The van der Waals surface area contributed by atoms with Gasteiger partial charge >= 0.3 is 5.97 Å². The highest BCUT2D eigenvalue weighted by Gasteiger charge is 2.17. The maximum absolute atomic E-state index is 12.0. The smallest absolute Gasteiger partial charge is 0.306 e. The Balaban J connectivity index is 1.98. The zero-order chi connectivity index (χ0) is 13.1. The highest BCUT2D eigenvalue weighted by atomic mass is 32.2. The monoisotopic (exact) mass is 286 g/mol. The Morgan fingerprint density at radius 1 is 1.67 bits per heavy atom. The molecule has 5 nitrogen and oxygen atoms in total. The molecule has 0 aliphatic carbocycles. The molecular weight excluding hydrogens is 272 g/mol. The zero-order valence-electron chi connectivity index (χ0n) is 10.2. The lowest BCUT2D eigenvalue weighted by molar-refractivity contribution is -0.140. The van der Waals surface area contributed by atoms with Crippen LogP contribution in [0, 0.1) is 0 Å². The number of fused-ring (bicyclic) bond motifs is 1. The van der Waals surface area contributed by atoms with Crippen molar-refractivity contribution in [1.29, 1.82) is 0 Å². The van der Waals surface area contributed by atoms with E-state index in [4.69, 9.17) is 0 Å². The molecule has 2 atom stereocenters. The average Bonchev–Trinajstić information content (AvgIpc) is 2.89. The number of ether oxygens (including phenoxy) is 1. The molecule has 7 heteroatoms. The van der Waals surface area contributed by atoms with Gasteiger partial charge in [0.1, 0.15) is 0 Å². The van der Waals surface area contributed by atoms with Crippen molar-refractivity contribution in [3.63, 3.8) is 0 Å². The maximum atomic E-state index is 12.0. The number of nitrogens with zero attached hydrogens (tertiary/aromatic N) is 2. The summed E-state index contributed by atoms with van der Waals surface area (Å²) in [5.41, 5.74) is 0.789. The van der Waals surface area contributed by atoms with E-state index in [-0.39, 0.29) is 17.6 Å². The first-order chi connectivity index (χ1) is 8.60. The Morgan fingerprint density at radius 2 is 2.44 bits per heavy atom. The summed E-state index contributed by atoms with van der Waals surface area (Å²) in [6.45, 7) is 1.78. The maximum Gasteiger partial charge on any atom is 0.306 e. The van der Waals surface area contributed by atoms with Crippen LogP contribution in [0.1, 0.15) is 19.0 Å². The van der Waals surface area contributed by atoms with Gasteiger partial charge in [-0.25, -0.2) is 4.98 Å². The van der Waals surface area contributed by atoms with E-state index < -0.39 is 10.8 Å². The standard InChI is InChI=1S/C11H14N2O3S2/c1-8(5-10(14)16-2)18(15)7-9-6-13-3-4-17-11(13)12-9/h3-4,6,8H,5,7H2,1-2H3. The van der Waals surface area contributed by atoms with Crippen LogP contribution >= 0.6 is 11.3 Å². The number of thiazole rings is 1. The van der Waals surface area contributed by atoms with Crippen LogP contribution < -0.4 is 0 Å². The van der Waals surface area contributed by atoms with Gasteiger partial charge in [-0.1, -0.05) is 6.92 Å². The van der Waals surface area contributed by atoms with E-state index in [0.29, 0.717) is 5.75 Å². The lowest BCUT2D eigenvalue weighted by Crippen LogP contribution is -2.18. The number of aromatic nitrogens is 2. The van der Waals surface area contributed by atoms with Crippen molar-refractivity contribution < 1.29 is 13.7 Å². The van der Waals surface area contributed by atoms with Crippen molar-refractivity contribution in [3.8, 4) is 0 Å². The van der Waals surface area contributed by atoms with Gasteiger partial charge in [0.2, 0.25) is 0 Å². The average molecular weight is 286 g/mol. The van der Waals surface area contributed by atoms with Gasteiger partial charge in [-0.15, -0.1) is 11.3 Å². The Hall–Kier alpha value is -1.21. The molecule has 2 rings (SSSR count). The zero-order valence-corrected chi connectivity index (χ0v) is 11.8. The first-order valence-electron chi connectivity index (χ1n) is 5.45. The summed E-state index contributed by atoms with van der Waals surface area (Å²) in [6, 6.07) is 0. The predicted octanol–water partition coefficient (Wildman–Crippen LogP) is 1.60. The second-order valence-electron chi connectivity index (χ2n) is 3.94. The molecule has 2 heterocycles. The fraction of sp³-hybridized carbons (Fsp3) is 0.455. The molecule has 2 aromatic rings. The summed E-state index contributed by atoms with van der Waals surface area (Å²) >= 11 is 1.54. The van der Waals surface area contributed by atoms with Gasteiger partial charge in [0.25, 0.3) is 0 Å². The van der Waals surface area contributed by atoms with Crippen molar-refractivity contribution in [3.05, 3.63) is 23.5 Å². The first kappa shape index (κ1) is 13.2. The number of hydrogen-bond acceptors (Lipinski definition) is 5. The number of methoxy groups -OCH3 is 1. The van der Waals surface area contributed by atoms with Crippen LogP contribution in [0.2, 0.25) is 0 Å². The minimum absolute atomic E-state index is 0.172. The van der Waals surface area contributed by atoms with Gasteiger partial charge in [-0.2, -0.15) is 0 Å². The topological polar surface area (TPSA) is 60.7 Å². The van der Waals surface area contributed by atoms with Gasteiger partial charge in [-0.05, 0) is 0 Å². The summed E-state index contributed by atoms with van der Waals surface area (Å²) in [5, 5.41) is 1.72. The van der Waals surface area contributed by atoms with E-state index in [1.807, 2.05) is 22.2 Å². The number of carbonyl (C=O) groups excluding carboxylic acids is 1. The van der Waals surface area contributed by atoms with Crippen LogP contribution in [0.15, 0.2) is 17.8 Å². The summed E-state index contributed by atoms with van der Waals surface area (Å²) in [5.74, 6) is 0.0358. The highest BCUT2D eigenvalue weighted by molar-refractivity contribution is 7.84. The van der Waals surface area contributed by atoms with E-state index in [1.165, 1.54) is 18.4 Å². The van der Waals surface area contributed by atoms with Crippen LogP contribution in [0.25, 0.3) is 4.96 Å². The number of carbonyl (C=O) groups is 1. The summed E-state index contributed by atoms with van der Waals surface area (Å²) in [4.78, 5) is 16.4. The van der Waals surface area contributed by atoms with Crippen LogP contribution in [0.4, 0.5) is 0 Å². The second kappa shape index (κ2) is 5.62. The van der Waals surface area contributed by atoms with Crippen LogP contribution in [-0.4, -0.2) is 31.9 Å². The summed E-state index contributed by atoms with van der Waals surface area (Å²) in [6.07, 6.45) is 3.96. The minimum atomic E-state index is -1.12. The lowest BCUT2D eigenvalue weighted by Gasteiger charge is -2.08. The molecule has 98 valence electrons. The number of rotatable bonds is 5. The van der Waals surface area contributed by atoms with Crippen molar-refractivity contribution in [2.45, 2.75) is 24.3 Å². The largest absolute Gasteiger partial charge is 0.469 e. The van der Waals surface area contributed by atoms with E-state index in [0.717, 1.165) is 10.7 Å². The van der Waals surface area contributed by atoms with E-state index in [1.54, 1.807) is 6.92 Å². The SMILES string of the molecule is COC(=O)CC(C)S(=O)Cc1cn2ccsc2n1. The Morgan fingerprint density at radius 3 is 3.11 bits per heavy atom. The van der Waals surface area contributed by atoms with Gasteiger partial charge in [0.15, 0.2) is 4.96 Å². The third-order valence-electron chi connectivity index (χ3n) is 2.56. The van der Waals surface area contributed by atoms with Crippen molar-refractivity contribution in [2.24, 2.45) is 0 Å². The number of hydrogen-bond donors (Lipinski definition) is 0. The molecule has 2 aromatic heterocycles. The third-order valence-corrected chi connectivity index (χ3v) is 4.98. The molecule has 0 spiro atoms. The molecular formula is C11H14N2O3S2. The molecule has 0 aliphatic heterocycles. The molecule has 0 N–H and O–H groups in total. The summed E-state index contributed by atoms with van der Waals surface area (Å²) < 4.78 is 18.5. The van der Waals surface area contributed by atoms with Crippen molar-refractivity contribution in [1.82, 2.24) is 9.38 Å². The van der Waals surface area contributed by atoms with Crippen molar-refractivity contribution in [2.75, 3.05) is 7.11 Å². The van der Waals surface area contributed by atoms with Gasteiger partial charge in [-0.3, -0.25) is 13.4 Å². The highest BCUT2D eigenvalue weighted by Crippen LogP contribution is 2.14. The van der Waals surface area contributed by atoms with Crippen LogP contribution in [0.3, 0.4) is 0 Å². The fourth-order valence-corrected chi connectivity index (χ4v) is 3.30.